The molecule has 0 saturated heterocycles. The molecule has 0 spiro atoms. The molecule has 1 aromatic carbocycles. The van der Waals surface area contributed by atoms with Gasteiger partial charge >= 0.3 is 0 Å². The van der Waals surface area contributed by atoms with Crippen molar-refractivity contribution >= 4 is 21.4 Å². The van der Waals surface area contributed by atoms with Gasteiger partial charge in [0, 0.05) is 30.4 Å². The highest BCUT2D eigenvalue weighted by molar-refractivity contribution is 7.18. The van der Waals surface area contributed by atoms with Gasteiger partial charge in [0.25, 0.3) is 5.56 Å². The monoisotopic (exact) mass is 379 g/mol. The van der Waals surface area contributed by atoms with Crippen molar-refractivity contribution in [2.45, 2.75) is 6.61 Å². The second-order valence-corrected chi connectivity index (χ2v) is 6.84. The predicted molar refractivity (Wildman–Crippen MR) is 105 cm³/mol. The van der Waals surface area contributed by atoms with E-state index in [9.17, 15) is 4.79 Å². The number of benzene rings is 1. The van der Waals surface area contributed by atoms with E-state index in [1.165, 1.54) is 16.0 Å². The molecule has 6 nitrogen and oxygen atoms in total. The molecule has 0 aliphatic carbocycles. The van der Waals surface area contributed by atoms with Crippen LogP contribution in [-0.2, 0) is 13.7 Å². The van der Waals surface area contributed by atoms with Gasteiger partial charge in [0.2, 0.25) is 5.88 Å². The number of thiophene rings is 1. The van der Waals surface area contributed by atoms with Gasteiger partial charge in [-0.25, -0.2) is 4.68 Å². The number of fused-ring (bicyclic) bond motifs is 1. The Bertz CT molecular complexity index is 1150. The summed E-state index contributed by atoms with van der Waals surface area (Å²) in [7, 11) is 3.26. The minimum absolute atomic E-state index is 0.146. The molecule has 4 aromatic rings. The van der Waals surface area contributed by atoms with Crippen molar-refractivity contribution in [3.8, 4) is 22.8 Å². The maximum atomic E-state index is 12.7. The summed E-state index contributed by atoms with van der Waals surface area (Å²) in [5.41, 5.74) is 2.63. The fourth-order valence-corrected chi connectivity index (χ4v) is 3.87. The molecule has 0 fully saturated rings. The molecule has 3 aromatic heterocycles. The molecular weight excluding hydrogens is 362 g/mol. The number of ether oxygens (including phenoxy) is 2. The van der Waals surface area contributed by atoms with Crippen LogP contribution in [0.5, 0.6) is 11.6 Å². The maximum Gasteiger partial charge on any atom is 0.276 e. The van der Waals surface area contributed by atoms with E-state index < -0.39 is 0 Å². The van der Waals surface area contributed by atoms with Gasteiger partial charge in [-0.05, 0) is 35.4 Å². The first-order valence-electron chi connectivity index (χ1n) is 8.32. The van der Waals surface area contributed by atoms with Crippen molar-refractivity contribution in [1.82, 2.24) is 14.8 Å². The van der Waals surface area contributed by atoms with Crippen LogP contribution in [0.2, 0.25) is 0 Å². The lowest BCUT2D eigenvalue weighted by molar-refractivity contribution is 0.289. The Morgan fingerprint density at radius 2 is 2.00 bits per heavy atom. The van der Waals surface area contributed by atoms with Gasteiger partial charge in [-0.3, -0.25) is 9.78 Å². The molecule has 0 aliphatic heterocycles. The van der Waals surface area contributed by atoms with Gasteiger partial charge in [0.15, 0.2) is 0 Å². The minimum atomic E-state index is -0.146. The number of hydrogen-bond donors (Lipinski definition) is 0. The lowest BCUT2D eigenvalue weighted by Gasteiger charge is -2.09. The SMILES string of the molecule is COc1cccc(COc2nn(C)c(=O)c3c(-c4ccncc4)csc23)c1. The molecule has 0 unspecified atom stereocenters. The Morgan fingerprint density at radius 3 is 2.78 bits per heavy atom. The topological polar surface area (TPSA) is 66.2 Å². The Morgan fingerprint density at radius 1 is 1.19 bits per heavy atom. The van der Waals surface area contributed by atoms with Gasteiger partial charge in [-0.1, -0.05) is 12.1 Å². The number of hydrogen-bond acceptors (Lipinski definition) is 6. The van der Waals surface area contributed by atoms with Crippen LogP contribution in [0.15, 0.2) is 59.0 Å². The maximum absolute atomic E-state index is 12.7. The summed E-state index contributed by atoms with van der Waals surface area (Å²) in [6.07, 6.45) is 3.43. The summed E-state index contributed by atoms with van der Waals surface area (Å²) in [6.45, 7) is 0.333. The highest BCUT2D eigenvalue weighted by Gasteiger charge is 2.17. The molecule has 136 valence electrons. The molecule has 0 bridgehead atoms. The number of aryl methyl sites for hydroxylation is 1. The second kappa shape index (κ2) is 7.20. The zero-order valence-electron chi connectivity index (χ0n) is 14.9. The van der Waals surface area contributed by atoms with E-state index in [4.69, 9.17) is 9.47 Å². The Kier molecular flexibility index (Phi) is 4.60. The van der Waals surface area contributed by atoms with Crippen molar-refractivity contribution in [2.75, 3.05) is 7.11 Å². The van der Waals surface area contributed by atoms with Crippen molar-refractivity contribution in [2.24, 2.45) is 7.05 Å². The van der Waals surface area contributed by atoms with Crippen molar-refractivity contribution in [1.29, 1.82) is 0 Å². The summed E-state index contributed by atoms with van der Waals surface area (Å²) >= 11 is 1.46. The quantitative estimate of drug-likeness (QED) is 0.530. The standard InChI is InChI=1S/C20H17N3O3S/c1-23-20(24)17-16(14-6-8-21-9-7-14)12-27-18(17)19(22-23)26-11-13-4-3-5-15(10-13)25-2/h3-10,12H,11H2,1-2H3. The normalized spacial score (nSPS) is 10.9. The molecule has 0 saturated carbocycles. The van der Waals surface area contributed by atoms with E-state index >= 15 is 0 Å². The summed E-state index contributed by atoms with van der Waals surface area (Å²) < 4.78 is 13.3. The summed E-state index contributed by atoms with van der Waals surface area (Å²) in [4.78, 5) is 16.8. The lowest BCUT2D eigenvalue weighted by Crippen LogP contribution is -2.20. The van der Waals surface area contributed by atoms with Crippen LogP contribution < -0.4 is 15.0 Å². The molecule has 0 radical (unpaired) electrons. The summed E-state index contributed by atoms with van der Waals surface area (Å²) in [6, 6.07) is 11.4. The van der Waals surface area contributed by atoms with E-state index in [1.807, 2.05) is 41.8 Å². The number of aromatic nitrogens is 3. The minimum Gasteiger partial charge on any atom is -0.497 e. The molecule has 0 N–H and O–H groups in total. The zero-order valence-corrected chi connectivity index (χ0v) is 15.7. The Balaban J connectivity index is 1.74. The zero-order chi connectivity index (χ0) is 18.8. The average Bonchev–Trinajstić information content (AvgIpc) is 3.16. The third kappa shape index (κ3) is 3.29. The molecule has 4 rings (SSSR count). The van der Waals surface area contributed by atoms with E-state index in [-0.39, 0.29) is 5.56 Å². The first kappa shape index (κ1) is 17.2. The number of pyridine rings is 1. The molecule has 3 heterocycles. The van der Waals surface area contributed by atoms with Gasteiger partial charge < -0.3 is 9.47 Å². The largest absolute Gasteiger partial charge is 0.497 e. The average molecular weight is 379 g/mol. The second-order valence-electron chi connectivity index (χ2n) is 5.96. The van der Waals surface area contributed by atoms with Crippen LogP contribution in [0.3, 0.4) is 0 Å². The van der Waals surface area contributed by atoms with E-state index in [1.54, 1.807) is 26.6 Å². The number of nitrogens with zero attached hydrogens (tertiary/aromatic N) is 3. The fourth-order valence-electron chi connectivity index (χ4n) is 2.87. The van der Waals surface area contributed by atoms with Crippen LogP contribution >= 0.6 is 11.3 Å². The highest BCUT2D eigenvalue weighted by atomic mass is 32.1. The third-order valence-electron chi connectivity index (χ3n) is 4.23. The van der Waals surface area contributed by atoms with Crippen LogP contribution in [0.1, 0.15) is 5.56 Å². The molecule has 0 aliphatic rings. The van der Waals surface area contributed by atoms with Crippen molar-refractivity contribution in [3.05, 3.63) is 70.1 Å². The van der Waals surface area contributed by atoms with Gasteiger partial charge in [-0.15, -0.1) is 16.4 Å². The molecule has 0 atom stereocenters. The Labute approximate surface area is 159 Å². The van der Waals surface area contributed by atoms with E-state index in [2.05, 4.69) is 10.1 Å². The molecule has 0 amide bonds. The fraction of sp³-hybridized carbons (Fsp3) is 0.150. The van der Waals surface area contributed by atoms with Gasteiger partial charge in [-0.2, -0.15) is 0 Å². The predicted octanol–water partition coefficient (Wildman–Crippen LogP) is 3.64. The third-order valence-corrected chi connectivity index (χ3v) is 5.20. The molecular formula is C20H17N3O3S. The van der Waals surface area contributed by atoms with Crippen LogP contribution in [0.25, 0.3) is 21.2 Å². The molecule has 27 heavy (non-hydrogen) atoms. The highest BCUT2D eigenvalue weighted by Crippen LogP contribution is 2.35. The van der Waals surface area contributed by atoms with Crippen molar-refractivity contribution < 1.29 is 9.47 Å². The number of methoxy groups -OCH3 is 1. The summed E-state index contributed by atoms with van der Waals surface area (Å²) in [5, 5.41) is 6.89. The lowest BCUT2D eigenvalue weighted by atomic mass is 10.1. The van der Waals surface area contributed by atoms with Crippen LogP contribution in [0.4, 0.5) is 0 Å². The van der Waals surface area contributed by atoms with Gasteiger partial charge in [0.05, 0.1) is 12.5 Å². The van der Waals surface area contributed by atoms with E-state index in [0.29, 0.717) is 17.9 Å². The summed E-state index contributed by atoms with van der Waals surface area (Å²) in [5.74, 6) is 1.21. The van der Waals surface area contributed by atoms with Crippen LogP contribution in [-0.4, -0.2) is 21.9 Å². The smallest absolute Gasteiger partial charge is 0.276 e. The molecule has 7 heteroatoms. The van der Waals surface area contributed by atoms with Gasteiger partial charge in [0.1, 0.15) is 17.1 Å². The first-order chi connectivity index (χ1) is 13.2. The first-order valence-corrected chi connectivity index (χ1v) is 9.20. The number of rotatable bonds is 5. The van der Waals surface area contributed by atoms with Crippen LogP contribution in [0, 0.1) is 0 Å². The van der Waals surface area contributed by atoms with Crippen molar-refractivity contribution in [3.63, 3.8) is 0 Å². The Hall–Kier alpha value is -3.19. The van der Waals surface area contributed by atoms with E-state index in [0.717, 1.165) is 27.1 Å².